The van der Waals surface area contributed by atoms with E-state index in [-0.39, 0.29) is 5.91 Å². The van der Waals surface area contributed by atoms with Crippen molar-refractivity contribution < 1.29 is 19.0 Å². The zero-order valence-electron chi connectivity index (χ0n) is 18.4. The van der Waals surface area contributed by atoms with Gasteiger partial charge in [0.15, 0.2) is 11.5 Å². The summed E-state index contributed by atoms with van der Waals surface area (Å²) >= 11 is 0. The van der Waals surface area contributed by atoms with Gasteiger partial charge >= 0.3 is 0 Å². The van der Waals surface area contributed by atoms with Gasteiger partial charge in [0.2, 0.25) is 5.91 Å². The lowest BCUT2D eigenvalue weighted by atomic mass is 9.89. The van der Waals surface area contributed by atoms with Gasteiger partial charge in [-0.25, -0.2) is 0 Å². The molecule has 2 heterocycles. The molecule has 4 rings (SSSR count). The fourth-order valence-corrected chi connectivity index (χ4v) is 4.47. The summed E-state index contributed by atoms with van der Waals surface area (Å²) in [5.41, 5.74) is 3.53. The molecule has 1 aromatic heterocycles. The number of H-pyrrole nitrogens is 1. The van der Waals surface area contributed by atoms with E-state index >= 15 is 0 Å². The van der Waals surface area contributed by atoms with E-state index in [2.05, 4.69) is 23.3 Å². The minimum Gasteiger partial charge on any atom is -0.497 e. The number of benzene rings is 2. The van der Waals surface area contributed by atoms with Gasteiger partial charge in [-0.05, 0) is 66.6 Å². The lowest BCUT2D eigenvalue weighted by molar-refractivity contribution is -0.132. The molecule has 1 N–H and O–H groups in total. The largest absolute Gasteiger partial charge is 0.497 e. The molecule has 0 atom stereocenters. The van der Waals surface area contributed by atoms with Crippen molar-refractivity contribution in [2.24, 2.45) is 0 Å². The highest BCUT2D eigenvalue weighted by molar-refractivity contribution is 5.85. The third kappa shape index (κ3) is 4.48. The van der Waals surface area contributed by atoms with E-state index in [1.165, 1.54) is 10.9 Å². The smallest absolute Gasteiger partial charge is 0.222 e. The monoisotopic (exact) mass is 422 g/mol. The lowest BCUT2D eigenvalue weighted by Crippen LogP contribution is -2.38. The molecule has 3 aromatic rings. The van der Waals surface area contributed by atoms with Crippen molar-refractivity contribution in [3.63, 3.8) is 0 Å². The van der Waals surface area contributed by atoms with Crippen LogP contribution in [0, 0.1) is 0 Å². The first-order valence-corrected chi connectivity index (χ1v) is 10.8. The predicted octanol–water partition coefficient (Wildman–Crippen LogP) is 4.53. The van der Waals surface area contributed by atoms with Crippen molar-refractivity contribution in [1.29, 1.82) is 0 Å². The van der Waals surface area contributed by atoms with Gasteiger partial charge in [0.1, 0.15) is 5.75 Å². The Morgan fingerprint density at radius 1 is 1.00 bits per heavy atom. The highest BCUT2D eigenvalue weighted by atomic mass is 16.5. The predicted molar refractivity (Wildman–Crippen MR) is 121 cm³/mol. The average Bonchev–Trinajstić information content (AvgIpc) is 3.25. The van der Waals surface area contributed by atoms with Crippen LogP contribution in [0.2, 0.25) is 0 Å². The third-order valence-electron chi connectivity index (χ3n) is 6.28. The van der Waals surface area contributed by atoms with Crippen molar-refractivity contribution in [1.82, 2.24) is 9.88 Å². The van der Waals surface area contributed by atoms with E-state index in [1.54, 1.807) is 21.3 Å². The number of hydrogen-bond donors (Lipinski definition) is 1. The Hall–Kier alpha value is -3.15. The molecule has 6 heteroatoms. The van der Waals surface area contributed by atoms with Crippen molar-refractivity contribution in [3.8, 4) is 17.2 Å². The first-order valence-electron chi connectivity index (χ1n) is 10.8. The minimum atomic E-state index is 0.217. The van der Waals surface area contributed by atoms with Gasteiger partial charge in [-0.3, -0.25) is 4.79 Å². The second-order valence-corrected chi connectivity index (χ2v) is 8.00. The summed E-state index contributed by atoms with van der Waals surface area (Å²) in [5.74, 6) is 2.94. The van der Waals surface area contributed by atoms with Crippen molar-refractivity contribution in [2.75, 3.05) is 34.4 Å². The fraction of sp³-hybridized carbons (Fsp3) is 0.400. The number of piperidine rings is 1. The lowest BCUT2D eigenvalue weighted by Gasteiger charge is -2.32. The molecule has 0 spiro atoms. The average molecular weight is 423 g/mol. The van der Waals surface area contributed by atoms with Crippen LogP contribution in [0.15, 0.2) is 42.6 Å². The Morgan fingerprint density at radius 2 is 1.77 bits per heavy atom. The molecule has 31 heavy (non-hydrogen) atoms. The molecule has 0 aliphatic carbocycles. The molecule has 0 radical (unpaired) electrons. The van der Waals surface area contributed by atoms with Crippen LogP contribution in [0.25, 0.3) is 10.9 Å². The fourth-order valence-electron chi connectivity index (χ4n) is 4.47. The van der Waals surface area contributed by atoms with Crippen LogP contribution in [0.3, 0.4) is 0 Å². The molecule has 0 unspecified atom stereocenters. The summed E-state index contributed by atoms with van der Waals surface area (Å²) in [6, 6.07) is 12.0. The number of nitrogens with one attached hydrogen (secondary N) is 1. The molecule has 0 bridgehead atoms. The number of aromatic amines is 1. The summed E-state index contributed by atoms with van der Waals surface area (Å²) in [5, 5.41) is 1.22. The maximum atomic E-state index is 12.8. The number of fused-ring (bicyclic) bond motifs is 1. The number of carbonyl (C=O) groups excluding carboxylic acids is 1. The Labute approximate surface area is 183 Å². The number of rotatable bonds is 7. The van der Waals surface area contributed by atoms with Crippen LogP contribution >= 0.6 is 0 Å². The number of carbonyl (C=O) groups is 1. The first-order chi connectivity index (χ1) is 15.1. The zero-order valence-corrected chi connectivity index (χ0v) is 18.4. The standard InChI is InChI=1S/C25H30N2O4/c1-29-19-6-7-22-20(15-19)21(16-26-22)18-10-12-27(13-11-18)25(28)9-5-17-4-8-23(30-2)24(14-17)31-3/h4,6-8,14-16,18,26H,5,9-13H2,1-3H3. The van der Waals surface area contributed by atoms with Gasteiger partial charge in [-0.1, -0.05) is 6.07 Å². The summed E-state index contributed by atoms with van der Waals surface area (Å²) in [6.45, 7) is 1.60. The zero-order chi connectivity index (χ0) is 21.8. The van der Waals surface area contributed by atoms with E-state index < -0.39 is 0 Å². The molecule has 1 aliphatic heterocycles. The van der Waals surface area contributed by atoms with Crippen LogP contribution < -0.4 is 14.2 Å². The Morgan fingerprint density at radius 3 is 2.48 bits per heavy atom. The molecule has 1 saturated heterocycles. The van der Waals surface area contributed by atoms with Crippen molar-refractivity contribution in [2.45, 2.75) is 31.6 Å². The third-order valence-corrected chi connectivity index (χ3v) is 6.28. The van der Waals surface area contributed by atoms with Crippen LogP contribution in [0.4, 0.5) is 0 Å². The Kier molecular flexibility index (Phi) is 6.35. The van der Waals surface area contributed by atoms with Crippen LogP contribution in [0.1, 0.15) is 36.3 Å². The second kappa shape index (κ2) is 9.33. The Balaban J connectivity index is 1.34. The van der Waals surface area contributed by atoms with Crippen molar-refractivity contribution in [3.05, 3.63) is 53.7 Å². The van der Waals surface area contributed by atoms with Gasteiger partial charge in [-0.2, -0.15) is 0 Å². The van der Waals surface area contributed by atoms with Crippen LogP contribution in [0.5, 0.6) is 17.2 Å². The summed E-state index contributed by atoms with van der Waals surface area (Å²) in [6.07, 6.45) is 5.27. The molecule has 0 saturated carbocycles. The van der Waals surface area contributed by atoms with Gasteiger partial charge < -0.3 is 24.1 Å². The van der Waals surface area contributed by atoms with E-state index in [9.17, 15) is 4.79 Å². The molecule has 6 nitrogen and oxygen atoms in total. The number of aromatic nitrogens is 1. The summed E-state index contributed by atoms with van der Waals surface area (Å²) in [7, 11) is 4.94. The first kappa shape index (κ1) is 21.1. The van der Waals surface area contributed by atoms with Gasteiger partial charge in [0.05, 0.1) is 21.3 Å². The van der Waals surface area contributed by atoms with Gasteiger partial charge in [0.25, 0.3) is 0 Å². The molecule has 1 amide bonds. The minimum absolute atomic E-state index is 0.217. The van der Waals surface area contributed by atoms with Gasteiger partial charge in [0, 0.05) is 36.6 Å². The maximum Gasteiger partial charge on any atom is 0.222 e. The van der Waals surface area contributed by atoms with E-state index in [1.807, 2.05) is 29.2 Å². The number of ether oxygens (including phenoxy) is 3. The maximum absolute atomic E-state index is 12.8. The van der Waals surface area contributed by atoms with Crippen LogP contribution in [-0.4, -0.2) is 50.2 Å². The van der Waals surface area contributed by atoms with Crippen molar-refractivity contribution >= 4 is 16.8 Å². The Bertz CT molecular complexity index is 1050. The normalized spacial score (nSPS) is 14.6. The van der Waals surface area contributed by atoms with Crippen LogP contribution in [-0.2, 0) is 11.2 Å². The molecular formula is C25H30N2O4. The molecule has 1 aliphatic rings. The molecule has 164 valence electrons. The highest BCUT2D eigenvalue weighted by Crippen LogP contribution is 2.35. The number of methoxy groups -OCH3 is 3. The molecule has 2 aromatic carbocycles. The van der Waals surface area contributed by atoms with Gasteiger partial charge in [-0.15, -0.1) is 0 Å². The van der Waals surface area contributed by atoms with E-state index in [4.69, 9.17) is 14.2 Å². The summed E-state index contributed by atoms with van der Waals surface area (Å²) < 4.78 is 16.0. The quantitative estimate of drug-likeness (QED) is 0.608. The highest BCUT2D eigenvalue weighted by Gasteiger charge is 2.25. The number of nitrogens with zero attached hydrogens (tertiary/aromatic N) is 1. The second-order valence-electron chi connectivity index (χ2n) is 8.00. The number of amides is 1. The SMILES string of the molecule is COc1ccc2[nH]cc(C3CCN(C(=O)CCc4ccc(OC)c(OC)c4)CC3)c2c1. The number of aryl methyl sites for hydroxylation is 1. The molecule has 1 fully saturated rings. The topological polar surface area (TPSA) is 63.8 Å². The molecular weight excluding hydrogens is 392 g/mol. The summed E-state index contributed by atoms with van der Waals surface area (Å²) in [4.78, 5) is 18.2. The number of likely N-dealkylation sites (tertiary alicyclic amines) is 1. The van der Waals surface area contributed by atoms with E-state index in [0.29, 0.717) is 30.3 Å². The number of hydrogen-bond acceptors (Lipinski definition) is 4. The van der Waals surface area contributed by atoms with E-state index in [0.717, 1.165) is 42.8 Å².